The Bertz CT molecular complexity index is 454. The van der Waals surface area contributed by atoms with Gasteiger partial charge in [-0.2, -0.15) is 11.8 Å². The number of oxime groups is 1. The molecule has 0 aromatic heterocycles. The minimum atomic E-state index is -0.350. The van der Waals surface area contributed by atoms with Crippen molar-refractivity contribution in [2.75, 3.05) is 11.5 Å². The number of nitrogens with one attached hydrogen (secondary N) is 1. The number of nitrogens with two attached hydrogens (primary N) is 1. The van der Waals surface area contributed by atoms with Gasteiger partial charge in [-0.15, -0.1) is 0 Å². The molecule has 4 nitrogen and oxygen atoms in total. The molecule has 0 aliphatic carbocycles. The third-order valence-corrected chi connectivity index (χ3v) is 3.93. The van der Waals surface area contributed by atoms with Crippen LogP contribution in [0.5, 0.6) is 0 Å². The lowest BCUT2D eigenvalue weighted by atomic mass is 10.1. The molecule has 0 spiro atoms. The summed E-state index contributed by atoms with van der Waals surface area (Å²) < 4.78 is 13.9. The molecule has 1 rings (SSSR count). The minimum Gasteiger partial charge on any atom is -0.409 e. The minimum absolute atomic E-state index is 0.0895. The van der Waals surface area contributed by atoms with Gasteiger partial charge in [0, 0.05) is 23.7 Å². The van der Waals surface area contributed by atoms with E-state index in [0.29, 0.717) is 23.7 Å². The van der Waals surface area contributed by atoms with Gasteiger partial charge >= 0.3 is 0 Å². The average molecular weight is 299 g/mol. The van der Waals surface area contributed by atoms with Gasteiger partial charge in [-0.3, -0.25) is 0 Å². The van der Waals surface area contributed by atoms with E-state index in [4.69, 9.17) is 10.9 Å². The summed E-state index contributed by atoms with van der Waals surface area (Å²) in [6.07, 6.45) is 1.06. The zero-order valence-corrected chi connectivity index (χ0v) is 12.7. The third-order valence-electron chi connectivity index (χ3n) is 3.00. The third kappa shape index (κ3) is 5.38. The maximum absolute atomic E-state index is 13.9. The number of thioether (sulfide) groups is 1. The molecule has 0 aliphatic heterocycles. The highest BCUT2D eigenvalue weighted by molar-refractivity contribution is 7.99. The van der Waals surface area contributed by atoms with E-state index in [-0.39, 0.29) is 11.7 Å². The molecule has 0 fully saturated rings. The number of hydrogen-bond donors (Lipinski definition) is 3. The number of hydrogen-bond acceptors (Lipinski definition) is 4. The van der Waals surface area contributed by atoms with Crippen molar-refractivity contribution >= 4 is 17.6 Å². The molecule has 0 saturated heterocycles. The Morgan fingerprint density at radius 1 is 1.55 bits per heavy atom. The van der Waals surface area contributed by atoms with Crippen LogP contribution in [-0.2, 0) is 6.54 Å². The molecule has 6 heteroatoms. The van der Waals surface area contributed by atoms with E-state index in [9.17, 15) is 4.39 Å². The largest absolute Gasteiger partial charge is 0.409 e. The molecule has 20 heavy (non-hydrogen) atoms. The fourth-order valence-corrected chi connectivity index (χ4v) is 2.51. The number of rotatable bonds is 8. The second-order valence-electron chi connectivity index (χ2n) is 4.56. The van der Waals surface area contributed by atoms with Gasteiger partial charge in [0.15, 0.2) is 5.84 Å². The molecule has 1 atom stereocenters. The quantitative estimate of drug-likeness (QED) is 0.227. The van der Waals surface area contributed by atoms with Crippen LogP contribution in [0.3, 0.4) is 0 Å². The topological polar surface area (TPSA) is 70.6 Å². The zero-order chi connectivity index (χ0) is 15.0. The van der Waals surface area contributed by atoms with Gasteiger partial charge in [-0.1, -0.05) is 24.2 Å². The van der Waals surface area contributed by atoms with Gasteiger partial charge in [0.2, 0.25) is 0 Å². The molecule has 0 heterocycles. The second kappa shape index (κ2) is 8.81. The van der Waals surface area contributed by atoms with Crippen LogP contribution >= 0.6 is 11.8 Å². The maximum Gasteiger partial charge on any atom is 0.170 e. The first-order chi connectivity index (χ1) is 9.58. The average Bonchev–Trinajstić information content (AvgIpc) is 2.45. The second-order valence-corrected chi connectivity index (χ2v) is 5.95. The van der Waals surface area contributed by atoms with Gasteiger partial charge in [0.1, 0.15) is 5.82 Å². The lowest BCUT2D eigenvalue weighted by Crippen LogP contribution is -2.26. The molecular weight excluding hydrogens is 277 g/mol. The molecule has 0 radical (unpaired) electrons. The molecule has 1 unspecified atom stereocenters. The van der Waals surface area contributed by atoms with Crippen LogP contribution in [-0.4, -0.2) is 28.6 Å². The van der Waals surface area contributed by atoms with Crippen LogP contribution in [0.25, 0.3) is 0 Å². The van der Waals surface area contributed by atoms with E-state index in [1.165, 1.54) is 6.07 Å². The van der Waals surface area contributed by atoms with Gasteiger partial charge in [-0.05, 0) is 30.9 Å². The van der Waals surface area contributed by atoms with E-state index in [1.807, 2.05) is 11.8 Å². The Morgan fingerprint density at radius 3 is 2.90 bits per heavy atom. The van der Waals surface area contributed by atoms with Gasteiger partial charge in [0.05, 0.1) is 0 Å². The van der Waals surface area contributed by atoms with Crippen molar-refractivity contribution in [2.24, 2.45) is 10.9 Å². The molecule has 112 valence electrons. The van der Waals surface area contributed by atoms with E-state index in [1.54, 1.807) is 12.1 Å². The number of amidine groups is 1. The summed E-state index contributed by atoms with van der Waals surface area (Å²) in [5.41, 5.74) is 6.37. The van der Waals surface area contributed by atoms with Crippen molar-refractivity contribution in [1.82, 2.24) is 5.32 Å². The summed E-state index contributed by atoms with van der Waals surface area (Å²) in [7, 11) is 0. The number of benzene rings is 1. The summed E-state index contributed by atoms with van der Waals surface area (Å²) in [5.74, 6) is 1.79. The zero-order valence-electron chi connectivity index (χ0n) is 11.9. The monoisotopic (exact) mass is 299 g/mol. The Labute approximate surface area is 123 Å². The van der Waals surface area contributed by atoms with Gasteiger partial charge in [0.25, 0.3) is 0 Å². The fraction of sp³-hybridized carbons (Fsp3) is 0.500. The van der Waals surface area contributed by atoms with Crippen LogP contribution in [0.15, 0.2) is 23.4 Å². The van der Waals surface area contributed by atoms with Gasteiger partial charge < -0.3 is 16.3 Å². The van der Waals surface area contributed by atoms with Crippen molar-refractivity contribution in [2.45, 2.75) is 32.9 Å². The SMILES string of the molecule is CCSCCC(C)NCc1ccc(/C(N)=N/O)cc1F. The molecule has 4 N–H and O–H groups in total. The molecule has 0 aliphatic rings. The first kappa shape index (κ1) is 16.8. The smallest absolute Gasteiger partial charge is 0.170 e. The Balaban J connectivity index is 2.52. The van der Waals surface area contributed by atoms with Crippen LogP contribution in [0.2, 0.25) is 0 Å². The molecule has 1 aromatic carbocycles. The Morgan fingerprint density at radius 2 is 2.30 bits per heavy atom. The molecule has 0 amide bonds. The summed E-state index contributed by atoms with van der Waals surface area (Å²) in [5, 5.41) is 14.7. The first-order valence-electron chi connectivity index (χ1n) is 6.66. The van der Waals surface area contributed by atoms with Crippen LogP contribution < -0.4 is 11.1 Å². The summed E-state index contributed by atoms with van der Waals surface area (Å²) in [4.78, 5) is 0. The van der Waals surface area contributed by atoms with E-state index in [0.717, 1.165) is 17.9 Å². The fourth-order valence-electron chi connectivity index (χ4n) is 1.70. The highest BCUT2D eigenvalue weighted by Gasteiger charge is 2.08. The van der Waals surface area contributed by atoms with E-state index >= 15 is 0 Å². The Kier molecular flexibility index (Phi) is 7.40. The summed E-state index contributed by atoms with van der Waals surface area (Å²) in [6, 6.07) is 4.93. The highest BCUT2D eigenvalue weighted by Crippen LogP contribution is 2.11. The lowest BCUT2D eigenvalue weighted by molar-refractivity contribution is 0.318. The predicted octanol–water partition coefficient (Wildman–Crippen LogP) is 2.54. The first-order valence-corrected chi connectivity index (χ1v) is 7.81. The standard InChI is InChI=1S/C14H22FN3OS/c1-3-20-7-6-10(2)17-9-12-5-4-11(8-13(12)15)14(16)18-19/h4-5,8,10,17,19H,3,6-7,9H2,1-2H3,(H2,16,18). The molecule has 0 bridgehead atoms. The summed E-state index contributed by atoms with van der Waals surface area (Å²) >= 11 is 1.90. The van der Waals surface area contributed by atoms with Crippen LogP contribution in [0, 0.1) is 5.82 Å². The summed E-state index contributed by atoms with van der Waals surface area (Å²) in [6.45, 7) is 4.71. The number of nitrogens with zero attached hydrogens (tertiary/aromatic N) is 1. The van der Waals surface area contributed by atoms with E-state index in [2.05, 4.69) is 24.3 Å². The molecule has 0 saturated carbocycles. The van der Waals surface area contributed by atoms with Gasteiger partial charge in [-0.25, -0.2) is 4.39 Å². The van der Waals surface area contributed by atoms with Crippen molar-refractivity contribution in [1.29, 1.82) is 0 Å². The van der Waals surface area contributed by atoms with E-state index < -0.39 is 0 Å². The van der Waals surface area contributed by atoms with Crippen LogP contribution in [0.1, 0.15) is 31.4 Å². The Hall–Kier alpha value is -1.27. The molecule has 1 aromatic rings. The molecular formula is C14H22FN3OS. The van der Waals surface area contributed by atoms with Crippen molar-refractivity contribution in [3.8, 4) is 0 Å². The van der Waals surface area contributed by atoms with Crippen molar-refractivity contribution in [3.05, 3.63) is 35.1 Å². The predicted molar refractivity (Wildman–Crippen MR) is 82.8 cm³/mol. The van der Waals surface area contributed by atoms with Crippen molar-refractivity contribution < 1.29 is 9.60 Å². The number of halogens is 1. The normalized spacial score (nSPS) is 13.4. The van der Waals surface area contributed by atoms with Crippen molar-refractivity contribution in [3.63, 3.8) is 0 Å². The lowest BCUT2D eigenvalue weighted by Gasteiger charge is -2.14. The van der Waals surface area contributed by atoms with Crippen LogP contribution in [0.4, 0.5) is 4.39 Å². The maximum atomic E-state index is 13.9. The highest BCUT2D eigenvalue weighted by atomic mass is 32.2.